The number of aromatic amines is 1. The van der Waals surface area contributed by atoms with Gasteiger partial charge in [-0.2, -0.15) is 0 Å². The second kappa shape index (κ2) is 9.24. The highest BCUT2D eigenvalue weighted by Crippen LogP contribution is 2.19. The average Bonchev–Trinajstić information content (AvgIpc) is 3.09. The van der Waals surface area contributed by atoms with E-state index in [0.717, 1.165) is 18.4 Å². The van der Waals surface area contributed by atoms with Gasteiger partial charge in [0.05, 0.1) is 10.6 Å². The number of fused-ring (bicyclic) bond motifs is 1. The Hall–Kier alpha value is -2.79. The summed E-state index contributed by atoms with van der Waals surface area (Å²) in [6.45, 7) is 0.750. The summed E-state index contributed by atoms with van der Waals surface area (Å²) in [7, 11) is 0. The van der Waals surface area contributed by atoms with E-state index < -0.39 is 0 Å². The van der Waals surface area contributed by atoms with Crippen LogP contribution in [0.3, 0.4) is 0 Å². The number of hydrogen-bond donors (Lipinski definition) is 3. The van der Waals surface area contributed by atoms with Crippen molar-refractivity contribution < 1.29 is 9.59 Å². The normalized spacial score (nSPS) is 10.7. The molecule has 3 rings (SSSR count). The lowest BCUT2D eigenvalue weighted by Gasteiger charge is -2.08. The van der Waals surface area contributed by atoms with Crippen molar-refractivity contribution in [2.45, 2.75) is 19.3 Å². The lowest BCUT2D eigenvalue weighted by molar-refractivity contribution is -0.121. The molecule has 0 aliphatic heterocycles. The van der Waals surface area contributed by atoms with Gasteiger partial charge < -0.3 is 15.6 Å². The molecular formula is C21H22ClN3O2. The zero-order valence-electron chi connectivity index (χ0n) is 14.9. The van der Waals surface area contributed by atoms with Crippen molar-refractivity contribution in [1.82, 2.24) is 15.6 Å². The number of amides is 2. The van der Waals surface area contributed by atoms with Gasteiger partial charge in [-0.25, -0.2) is 0 Å². The van der Waals surface area contributed by atoms with E-state index in [2.05, 4.69) is 21.7 Å². The third-order valence-corrected chi connectivity index (χ3v) is 4.71. The lowest BCUT2D eigenvalue weighted by Crippen LogP contribution is -2.34. The van der Waals surface area contributed by atoms with E-state index >= 15 is 0 Å². The second-order valence-corrected chi connectivity index (χ2v) is 6.71. The zero-order valence-corrected chi connectivity index (χ0v) is 15.7. The summed E-state index contributed by atoms with van der Waals surface area (Å²) < 4.78 is 0. The molecule has 0 aliphatic rings. The van der Waals surface area contributed by atoms with E-state index in [4.69, 9.17) is 11.6 Å². The molecule has 0 aliphatic carbocycles. The number of H-pyrrole nitrogens is 1. The van der Waals surface area contributed by atoms with Crippen LogP contribution in [0.5, 0.6) is 0 Å². The van der Waals surface area contributed by atoms with Crippen LogP contribution >= 0.6 is 11.6 Å². The maximum Gasteiger partial charge on any atom is 0.252 e. The molecule has 1 heterocycles. The fraction of sp³-hybridized carbons (Fsp3) is 0.238. The number of halogens is 1. The molecule has 0 unspecified atom stereocenters. The smallest absolute Gasteiger partial charge is 0.252 e. The maximum atomic E-state index is 12.0. The Morgan fingerprint density at radius 3 is 2.56 bits per heavy atom. The van der Waals surface area contributed by atoms with Gasteiger partial charge in [0, 0.05) is 36.6 Å². The number of aryl methyl sites for hydroxylation is 1. The molecule has 1 aromatic heterocycles. The molecule has 0 atom stereocenters. The van der Waals surface area contributed by atoms with Gasteiger partial charge in [-0.15, -0.1) is 0 Å². The first-order valence-electron chi connectivity index (χ1n) is 8.99. The Morgan fingerprint density at radius 1 is 0.963 bits per heavy atom. The van der Waals surface area contributed by atoms with Crippen LogP contribution in [0.15, 0.2) is 54.7 Å². The van der Waals surface area contributed by atoms with E-state index in [9.17, 15) is 9.59 Å². The summed E-state index contributed by atoms with van der Waals surface area (Å²) in [5.41, 5.74) is 2.78. The highest BCUT2D eigenvalue weighted by atomic mass is 35.5. The van der Waals surface area contributed by atoms with E-state index in [-0.39, 0.29) is 11.8 Å². The third-order valence-electron chi connectivity index (χ3n) is 4.38. The zero-order chi connectivity index (χ0) is 19.1. The van der Waals surface area contributed by atoms with Crippen molar-refractivity contribution in [3.63, 3.8) is 0 Å². The Bertz CT molecular complexity index is 936. The van der Waals surface area contributed by atoms with Crippen LogP contribution < -0.4 is 10.6 Å². The Kier molecular flexibility index (Phi) is 6.49. The number of carbonyl (C=O) groups is 2. The molecule has 2 amide bonds. The van der Waals surface area contributed by atoms with Gasteiger partial charge >= 0.3 is 0 Å². The topological polar surface area (TPSA) is 74.0 Å². The minimum atomic E-state index is -0.241. The van der Waals surface area contributed by atoms with Gasteiger partial charge in [0.2, 0.25) is 5.91 Å². The number of rotatable bonds is 8. The molecule has 0 bridgehead atoms. The Labute approximate surface area is 163 Å². The number of nitrogens with one attached hydrogen (secondary N) is 3. The predicted molar refractivity (Wildman–Crippen MR) is 108 cm³/mol. The van der Waals surface area contributed by atoms with Crippen molar-refractivity contribution >= 4 is 34.3 Å². The largest absolute Gasteiger partial charge is 0.361 e. The van der Waals surface area contributed by atoms with Crippen molar-refractivity contribution in [3.8, 4) is 0 Å². The number of aromatic nitrogens is 1. The number of carbonyl (C=O) groups excluding carboxylic acids is 2. The van der Waals surface area contributed by atoms with Gasteiger partial charge in [0.1, 0.15) is 0 Å². The van der Waals surface area contributed by atoms with Gasteiger partial charge in [-0.05, 0) is 36.6 Å². The third kappa shape index (κ3) is 5.11. The molecule has 3 N–H and O–H groups in total. The number of hydrogen-bond acceptors (Lipinski definition) is 2. The molecule has 0 fully saturated rings. The first-order valence-corrected chi connectivity index (χ1v) is 9.37. The number of benzene rings is 2. The summed E-state index contributed by atoms with van der Waals surface area (Å²) in [6.07, 6.45) is 4.09. The van der Waals surface area contributed by atoms with E-state index in [1.165, 1.54) is 10.9 Å². The number of para-hydroxylation sites is 1. The molecule has 3 aromatic rings. The van der Waals surface area contributed by atoms with Crippen LogP contribution in [0.25, 0.3) is 10.9 Å². The summed E-state index contributed by atoms with van der Waals surface area (Å²) in [5.74, 6) is -0.254. The van der Waals surface area contributed by atoms with Crippen LogP contribution in [-0.4, -0.2) is 29.9 Å². The fourth-order valence-electron chi connectivity index (χ4n) is 2.98. The maximum absolute atomic E-state index is 12.0. The molecule has 5 nitrogen and oxygen atoms in total. The second-order valence-electron chi connectivity index (χ2n) is 6.30. The Balaban J connectivity index is 1.34. The average molecular weight is 384 g/mol. The van der Waals surface area contributed by atoms with Crippen LogP contribution in [0.2, 0.25) is 5.02 Å². The fourth-order valence-corrected chi connectivity index (χ4v) is 3.21. The SMILES string of the molecule is O=C(CCCc1c[nH]c2ccccc12)NCCNC(=O)c1ccccc1Cl. The summed E-state index contributed by atoms with van der Waals surface area (Å²) in [4.78, 5) is 27.2. The molecule has 0 saturated carbocycles. The quantitative estimate of drug-likeness (QED) is 0.519. The van der Waals surface area contributed by atoms with Gasteiger partial charge in [-0.1, -0.05) is 41.9 Å². The van der Waals surface area contributed by atoms with Crippen molar-refractivity contribution in [2.75, 3.05) is 13.1 Å². The summed E-state index contributed by atoms with van der Waals surface area (Å²) in [5, 5.41) is 7.20. The van der Waals surface area contributed by atoms with E-state index in [0.29, 0.717) is 30.1 Å². The van der Waals surface area contributed by atoms with Gasteiger partial charge in [0.25, 0.3) is 5.91 Å². The molecule has 0 saturated heterocycles. The molecule has 0 radical (unpaired) electrons. The van der Waals surface area contributed by atoms with E-state index in [1.807, 2.05) is 24.4 Å². The van der Waals surface area contributed by atoms with Crippen molar-refractivity contribution in [1.29, 1.82) is 0 Å². The van der Waals surface area contributed by atoms with Gasteiger partial charge in [-0.3, -0.25) is 9.59 Å². The predicted octanol–water partition coefficient (Wildman–Crippen LogP) is 3.69. The minimum absolute atomic E-state index is 0.0122. The monoisotopic (exact) mass is 383 g/mol. The van der Waals surface area contributed by atoms with E-state index in [1.54, 1.807) is 24.3 Å². The summed E-state index contributed by atoms with van der Waals surface area (Å²) >= 11 is 5.99. The van der Waals surface area contributed by atoms with Crippen molar-refractivity contribution in [3.05, 3.63) is 70.9 Å². The Morgan fingerprint density at radius 2 is 1.70 bits per heavy atom. The van der Waals surface area contributed by atoms with Crippen LogP contribution in [0, 0.1) is 0 Å². The molecule has 2 aromatic carbocycles. The molecule has 140 valence electrons. The standard InChI is InChI=1S/C21H22ClN3O2/c22-18-9-3-1-8-17(18)21(27)24-13-12-23-20(26)11-5-6-15-14-25-19-10-4-2-7-16(15)19/h1-4,7-10,14,25H,5-6,11-13H2,(H,23,26)(H,24,27). The van der Waals surface area contributed by atoms with Crippen molar-refractivity contribution in [2.24, 2.45) is 0 Å². The molecular weight excluding hydrogens is 362 g/mol. The highest BCUT2D eigenvalue weighted by Gasteiger charge is 2.09. The van der Waals surface area contributed by atoms with Crippen LogP contribution in [-0.2, 0) is 11.2 Å². The highest BCUT2D eigenvalue weighted by molar-refractivity contribution is 6.33. The van der Waals surface area contributed by atoms with Gasteiger partial charge in [0.15, 0.2) is 0 Å². The first-order chi connectivity index (χ1) is 13.1. The summed E-state index contributed by atoms with van der Waals surface area (Å²) in [6, 6.07) is 15.0. The molecule has 0 spiro atoms. The molecule has 6 heteroatoms. The van der Waals surface area contributed by atoms with Crippen LogP contribution in [0.4, 0.5) is 0 Å². The molecule has 27 heavy (non-hydrogen) atoms. The lowest BCUT2D eigenvalue weighted by atomic mass is 10.1. The minimum Gasteiger partial charge on any atom is -0.361 e. The van der Waals surface area contributed by atoms with Crippen LogP contribution in [0.1, 0.15) is 28.8 Å². The first kappa shape index (κ1) is 19.0.